The molecule has 4 aromatic rings. The van der Waals surface area contributed by atoms with Gasteiger partial charge in [-0.15, -0.1) is 11.3 Å². The van der Waals surface area contributed by atoms with Crippen LogP contribution in [0, 0.1) is 11.6 Å². The number of rotatable bonds is 6. The van der Waals surface area contributed by atoms with Crippen molar-refractivity contribution in [2.24, 2.45) is 0 Å². The average molecular weight is 520 g/mol. The minimum Gasteiger partial charge on any atom is -0.480 e. The Hall–Kier alpha value is -3.42. The lowest BCUT2D eigenvalue weighted by Crippen LogP contribution is -2.36. The van der Waals surface area contributed by atoms with Crippen LogP contribution in [0.2, 0.25) is 0 Å². The predicted molar refractivity (Wildman–Crippen MR) is 127 cm³/mol. The number of benzene rings is 1. The first kappa shape index (κ1) is 23.3. The average Bonchev–Trinajstić information content (AvgIpc) is 3.28. The Morgan fingerprint density at radius 3 is 2.66 bits per heavy atom. The number of pyridine rings is 1. The Morgan fingerprint density at radius 2 is 1.91 bits per heavy atom. The van der Waals surface area contributed by atoms with Gasteiger partial charge >= 0.3 is 0 Å². The molecule has 13 heteroatoms. The molecular formula is C22H19F2N5O4S2. The summed E-state index contributed by atoms with van der Waals surface area (Å²) >= 11 is 1.40. The molecule has 0 spiro atoms. The highest BCUT2D eigenvalue weighted by atomic mass is 32.2. The SMILES string of the molecule is COc1ncc(-c2cc3c(N4CCOCC4)ncnc3s2)cc1NS(=O)(=O)c1ccc(F)cc1F. The number of fused-ring (bicyclic) bond motifs is 1. The van der Waals surface area contributed by atoms with Gasteiger partial charge in [0.1, 0.15) is 39.2 Å². The first-order valence-electron chi connectivity index (χ1n) is 10.5. The number of ether oxygens (including phenoxy) is 2. The number of nitrogens with zero attached hydrogens (tertiary/aromatic N) is 4. The molecule has 0 radical (unpaired) electrons. The molecule has 4 heterocycles. The van der Waals surface area contributed by atoms with E-state index >= 15 is 0 Å². The van der Waals surface area contributed by atoms with Crippen LogP contribution in [-0.4, -0.2) is 56.8 Å². The third kappa shape index (κ3) is 4.61. The lowest BCUT2D eigenvalue weighted by atomic mass is 10.2. The molecule has 0 saturated carbocycles. The van der Waals surface area contributed by atoms with Crippen LogP contribution < -0.4 is 14.4 Å². The molecule has 35 heavy (non-hydrogen) atoms. The number of aromatic nitrogens is 3. The number of halogens is 2. The molecule has 0 aliphatic carbocycles. The molecule has 1 saturated heterocycles. The number of sulfonamides is 1. The third-order valence-electron chi connectivity index (χ3n) is 5.38. The number of morpholine rings is 1. The largest absolute Gasteiger partial charge is 0.480 e. The fraction of sp³-hybridized carbons (Fsp3) is 0.227. The summed E-state index contributed by atoms with van der Waals surface area (Å²) in [6, 6.07) is 5.69. The van der Waals surface area contributed by atoms with E-state index < -0.39 is 26.6 Å². The van der Waals surface area contributed by atoms with Crippen molar-refractivity contribution in [3.05, 3.63) is 54.5 Å². The van der Waals surface area contributed by atoms with E-state index in [1.807, 2.05) is 6.07 Å². The van der Waals surface area contributed by atoms with E-state index in [1.54, 1.807) is 6.20 Å². The normalized spacial score (nSPS) is 14.3. The van der Waals surface area contributed by atoms with Crippen molar-refractivity contribution in [1.29, 1.82) is 0 Å². The summed E-state index contributed by atoms with van der Waals surface area (Å²) in [6.45, 7) is 2.66. The molecule has 0 unspecified atom stereocenters. The van der Waals surface area contributed by atoms with E-state index in [1.165, 1.54) is 30.8 Å². The van der Waals surface area contributed by atoms with Crippen LogP contribution >= 0.6 is 11.3 Å². The summed E-state index contributed by atoms with van der Waals surface area (Å²) in [4.78, 5) is 16.0. The van der Waals surface area contributed by atoms with Crippen LogP contribution in [0.15, 0.2) is 47.8 Å². The maximum absolute atomic E-state index is 14.2. The van der Waals surface area contributed by atoms with Crippen LogP contribution in [0.5, 0.6) is 5.88 Å². The van der Waals surface area contributed by atoms with Crippen molar-refractivity contribution in [1.82, 2.24) is 15.0 Å². The summed E-state index contributed by atoms with van der Waals surface area (Å²) in [5, 5.41) is 0.862. The smallest absolute Gasteiger partial charge is 0.264 e. The number of thiophene rings is 1. The van der Waals surface area contributed by atoms with E-state index in [-0.39, 0.29) is 11.6 Å². The van der Waals surface area contributed by atoms with Gasteiger partial charge in [-0.25, -0.2) is 32.2 Å². The maximum Gasteiger partial charge on any atom is 0.264 e. The van der Waals surface area contributed by atoms with Crippen molar-refractivity contribution < 1.29 is 26.7 Å². The quantitative estimate of drug-likeness (QED) is 0.411. The summed E-state index contributed by atoms with van der Waals surface area (Å²) in [6.07, 6.45) is 3.05. The van der Waals surface area contributed by atoms with E-state index in [0.29, 0.717) is 37.9 Å². The van der Waals surface area contributed by atoms with Crippen molar-refractivity contribution in [2.45, 2.75) is 4.90 Å². The van der Waals surface area contributed by atoms with Crippen molar-refractivity contribution in [3.63, 3.8) is 0 Å². The fourth-order valence-electron chi connectivity index (χ4n) is 3.73. The number of methoxy groups -OCH3 is 1. The van der Waals surface area contributed by atoms with Gasteiger partial charge in [0, 0.05) is 35.8 Å². The topological polar surface area (TPSA) is 107 Å². The predicted octanol–water partition coefficient (Wildman–Crippen LogP) is 3.68. The van der Waals surface area contributed by atoms with Crippen LogP contribution in [0.25, 0.3) is 20.7 Å². The highest BCUT2D eigenvalue weighted by Gasteiger charge is 2.23. The number of hydrogen-bond acceptors (Lipinski definition) is 9. The van der Waals surface area contributed by atoms with Gasteiger partial charge in [-0.05, 0) is 24.3 Å². The van der Waals surface area contributed by atoms with Crippen LogP contribution in [0.4, 0.5) is 20.3 Å². The Labute approximate surface area is 203 Å². The maximum atomic E-state index is 14.2. The molecule has 1 N–H and O–H groups in total. The first-order chi connectivity index (χ1) is 16.9. The molecule has 9 nitrogen and oxygen atoms in total. The zero-order valence-electron chi connectivity index (χ0n) is 18.4. The van der Waals surface area contributed by atoms with Gasteiger partial charge in [0.05, 0.1) is 25.7 Å². The molecule has 1 aromatic carbocycles. The summed E-state index contributed by atoms with van der Waals surface area (Å²) in [5.41, 5.74) is 0.602. The van der Waals surface area contributed by atoms with Gasteiger partial charge in [-0.2, -0.15) is 0 Å². The number of hydrogen-bond donors (Lipinski definition) is 1. The van der Waals surface area contributed by atoms with Gasteiger partial charge < -0.3 is 14.4 Å². The zero-order valence-corrected chi connectivity index (χ0v) is 20.0. The Kier molecular flexibility index (Phi) is 6.21. The molecular weight excluding hydrogens is 500 g/mol. The van der Waals surface area contributed by atoms with Crippen LogP contribution in [0.1, 0.15) is 0 Å². The Bertz CT molecular complexity index is 1510. The lowest BCUT2D eigenvalue weighted by molar-refractivity contribution is 0.122. The number of nitrogens with one attached hydrogen (secondary N) is 1. The van der Waals surface area contributed by atoms with Gasteiger partial charge in [0.15, 0.2) is 0 Å². The Balaban J connectivity index is 1.52. The highest BCUT2D eigenvalue weighted by Crippen LogP contribution is 2.38. The van der Waals surface area contributed by atoms with E-state index in [4.69, 9.17) is 9.47 Å². The van der Waals surface area contributed by atoms with E-state index in [9.17, 15) is 17.2 Å². The van der Waals surface area contributed by atoms with E-state index in [0.717, 1.165) is 33.0 Å². The minimum atomic E-state index is -4.39. The molecule has 1 aliphatic heterocycles. The van der Waals surface area contributed by atoms with Gasteiger partial charge in [-0.1, -0.05) is 0 Å². The summed E-state index contributed by atoms with van der Waals surface area (Å²) in [5.74, 6) is -1.30. The molecule has 0 amide bonds. The minimum absolute atomic E-state index is 0.00486. The second kappa shape index (κ2) is 9.32. The van der Waals surface area contributed by atoms with Crippen LogP contribution in [-0.2, 0) is 14.8 Å². The fourth-order valence-corrected chi connectivity index (χ4v) is 5.81. The standard InChI is InChI=1S/C22H19F2N5O4S2/c1-32-21-17(28-35(30,31)19-3-2-14(23)9-16(19)24)8-13(11-25-21)18-10-15-20(26-12-27-22(15)34-18)29-4-6-33-7-5-29/h2-3,8-12,28H,4-7H2,1H3. The van der Waals surface area contributed by atoms with Crippen molar-refractivity contribution in [3.8, 4) is 16.3 Å². The van der Waals surface area contributed by atoms with Gasteiger partial charge in [0.25, 0.3) is 10.0 Å². The molecule has 0 atom stereocenters. The van der Waals surface area contributed by atoms with E-state index in [2.05, 4.69) is 24.6 Å². The van der Waals surface area contributed by atoms with Gasteiger partial charge in [0.2, 0.25) is 5.88 Å². The monoisotopic (exact) mass is 519 g/mol. The zero-order chi connectivity index (χ0) is 24.6. The molecule has 1 fully saturated rings. The molecule has 3 aromatic heterocycles. The third-order valence-corrected chi connectivity index (χ3v) is 7.87. The first-order valence-corrected chi connectivity index (χ1v) is 12.8. The number of anilines is 2. The van der Waals surface area contributed by atoms with Gasteiger partial charge in [-0.3, -0.25) is 4.72 Å². The second-order valence-corrected chi connectivity index (χ2v) is 10.3. The highest BCUT2D eigenvalue weighted by molar-refractivity contribution is 7.92. The molecule has 0 bridgehead atoms. The van der Waals surface area contributed by atoms with Crippen LogP contribution in [0.3, 0.4) is 0 Å². The molecule has 5 rings (SSSR count). The molecule has 182 valence electrons. The summed E-state index contributed by atoms with van der Waals surface area (Å²) < 4.78 is 66.0. The van der Waals surface area contributed by atoms with Crippen molar-refractivity contribution >= 4 is 43.1 Å². The lowest BCUT2D eigenvalue weighted by Gasteiger charge is -2.28. The summed E-state index contributed by atoms with van der Waals surface area (Å²) in [7, 11) is -3.05. The van der Waals surface area contributed by atoms with Crippen molar-refractivity contribution in [2.75, 3.05) is 43.0 Å². The second-order valence-electron chi connectivity index (χ2n) is 7.59. The Morgan fingerprint density at radius 1 is 1.11 bits per heavy atom. The molecule has 1 aliphatic rings.